The van der Waals surface area contributed by atoms with Crippen LogP contribution in [0.5, 0.6) is 0 Å². The fraction of sp³-hybridized carbons (Fsp3) is 0.471. The molecule has 1 N–H and O–H groups in total. The summed E-state index contributed by atoms with van der Waals surface area (Å²) >= 11 is 0. The fourth-order valence-corrected chi connectivity index (χ4v) is 2.07. The summed E-state index contributed by atoms with van der Waals surface area (Å²) in [5, 5.41) is 2.67. The molecular formula is C17H21FN2O4. The molecule has 2 amide bonds. The largest absolute Gasteiger partial charge is 0.455 e. The number of benzene rings is 1. The lowest BCUT2D eigenvalue weighted by molar-refractivity contribution is -0.153. The number of nitrogens with zero attached hydrogens (tertiary/aromatic N) is 1. The summed E-state index contributed by atoms with van der Waals surface area (Å²) in [4.78, 5) is 36.7. The SMILES string of the molecule is CCN(CC(=O)NCc1ccc(F)cc1)C(=O)COC(=O)C1CC1. The van der Waals surface area contributed by atoms with Crippen LogP contribution in [-0.2, 0) is 25.7 Å². The minimum absolute atomic E-state index is 0.0631. The molecule has 1 aromatic rings. The Morgan fingerprint density at radius 2 is 1.92 bits per heavy atom. The Morgan fingerprint density at radius 3 is 2.50 bits per heavy atom. The zero-order valence-electron chi connectivity index (χ0n) is 13.6. The van der Waals surface area contributed by atoms with Crippen molar-refractivity contribution in [1.82, 2.24) is 10.2 Å². The number of carbonyl (C=O) groups excluding carboxylic acids is 3. The van der Waals surface area contributed by atoms with E-state index in [4.69, 9.17) is 4.74 Å². The molecule has 0 aromatic heterocycles. The summed E-state index contributed by atoms with van der Waals surface area (Å²) < 4.78 is 17.7. The number of amides is 2. The van der Waals surface area contributed by atoms with Gasteiger partial charge in [-0.3, -0.25) is 14.4 Å². The maximum atomic E-state index is 12.8. The molecule has 0 spiro atoms. The first-order chi connectivity index (χ1) is 11.5. The van der Waals surface area contributed by atoms with Crippen LogP contribution in [0.25, 0.3) is 0 Å². The van der Waals surface area contributed by atoms with Gasteiger partial charge < -0.3 is 15.0 Å². The van der Waals surface area contributed by atoms with Crippen LogP contribution in [0.1, 0.15) is 25.3 Å². The van der Waals surface area contributed by atoms with E-state index >= 15 is 0 Å². The maximum absolute atomic E-state index is 12.8. The predicted molar refractivity (Wildman–Crippen MR) is 84.2 cm³/mol. The molecule has 0 radical (unpaired) electrons. The Morgan fingerprint density at radius 1 is 1.25 bits per heavy atom. The van der Waals surface area contributed by atoms with Crippen molar-refractivity contribution in [3.05, 3.63) is 35.6 Å². The molecule has 1 aliphatic rings. The quantitative estimate of drug-likeness (QED) is 0.725. The van der Waals surface area contributed by atoms with E-state index in [1.807, 2.05) is 0 Å². The number of rotatable bonds is 8. The second-order valence-electron chi connectivity index (χ2n) is 5.69. The first-order valence-corrected chi connectivity index (χ1v) is 7.95. The lowest BCUT2D eigenvalue weighted by Gasteiger charge is -2.20. The van der Waals surface area contributed by atoms with Crippen LogP contribution in [-0.4, -0.2) is 42.4 Å². The molecule has 0 atom stereocenters. The predicted octanol–water partition coefficient (Wildman–Crippen LogP) is 1.24. The standard InChI is InChI=1S/C17H21FN2O4/c1-2-20(16(22)11-24-17(23)13-5-6-13)10-15(21)19-9-12-3-7-14(18)8-4-12/h3-4,7-8,13H,2,5-6,9-11H2,1H3,(H,19,21). The van der Waals surface area contributed by atoms with Crippen LogP contribution >= 0.6 is 0 Å². The summed E-state index contributed by atoms with van der Waals surface area (Å²) in [6.07, 6.45) is 1.63. The van der Waals surface area contributed by atoms with Gasteiger partial charge in [0.25, 0.3) is 5.91 Å². The highest BCUT2D eigenvalue weighted by molar-refractivity contribution is 5.86. The van der Waals surface area contributed by atoms with E-state index in [0.29, 0.717) is 6.54 Å². The van der Waals surface area contributed by atoms with Gasteiger partial charge in [-0.05, 0) is 37.5 Å². The minimum Gasteiger partial charge on any atom is -0.455 e. The van der Waals surface area contributed by atoms with Crippen molar-refractivity contribution in [2.24, 2.45) is 5.92 Å². The number of hydrogen-bond donors (Lipinski definition) is 1. The van der Waals surface area contributed by atoms with Crippen molar-refractivity contribution in [1.29, 1.82) is 0 Å². The zero-order chi connectivity index (χ0) is 17.5. The maximum Gasteiger partial charge on any atom is 0.309 e. The highest BCUT2D eigenvalue weighted by Crippen LogP contribution is 2.29. The number of hydrogen-bond acceptors (Lipinski definition) is 4. The second-order valence-corrected chi connectivity index (χ2v) is 5.69. The Bertz CT molecular complexity index is 599. The van der Waals surface area contributed by atoms with Crippen molar-refractivity contribution in [3.63, 3.8) is 0 Å². The van der Waals surface area contributed by atoms with Gasteiger partial charge in [0.1, 0.15) is 5.82 Å². The molecule has 24 heavy (non-hydrogen) atoms. The van der Waals surface area contributed by atoms with Gasteiger partial charge in [-0.25, -0.2) is 4.39 Å². The molecule has 0 saturated heterocycles. The molecule has 1 saturated carbocycles. The number of likely N-dealkylation sites (N-methyl/N-ethyl adjacent to an activating group) is 1. The Hall–Kier alpha value is -2.44. The van der Waals surface area contributed by atoms with E-state index in [-0.39, 0.29) is 43.3 Å². The molecule has 0 unspecified atom stereocenters. The van der Waals surface area contributed by atoms with E-state index in [1.54, 1.807) is 19.1 Å². The lowest BCUT2D eigenvalue weighted by atomic mass is 10.2. The fourth-order valence-electron chi connectivity index (χ4n) is 2.07. The van der Waals surface area contributed by atoms with Crippen LogP contribution in [0, 0.1) is 11.7 Å². The molecule has 0 bridgehead atoms. The van der Waals surface area contributed by atoms with Crippen LogP contribution < -0.4 is 5.32 Å². The molecule has 0 heterocycles. The van der Waals surface area contributed by atoms with Crippen molar-refractivity contribution in [2.45, 2.75) is 26.3 Å². The summed E-state index contributed by atoms with van der Waals surface area (Å²) in [6, 6.07) is 5.79. The van der Waals surface area contributed by atoms with E-state index in [9.17, 15) is 18.8 Å². The smallest absolute Gasteiger partial charge is 0.309 e. The Kier molecular flexibility index (Phi) is 6.28. The number of nitrogens with one attached hydrogen (secondary N) is 1. The molecule has 1 fully saturated rings. The normalized spacial score (nSPS) is 13.2. The highest BCUT2D eigenvalue weighted by atomic mass is 19.1. The molecular weight excluding hydrogens is 315 g/mol. The van der Waals surface area contributed by atoms with Crippen LogP contribution in [0.2, 0.25) is 0 Å². The zero-order valence-corrected chi connectivity index (χ0v) is 13.6. The third-order valence-electron chi connectivity index (χ3n) is 3.72. The second kappa shape index (κ2) is 8.42. The number of halogens is 1. The molecule has 130 valence electrons. The molecule has 1 aliphatic carbocycles. The third kappa shape index (κ3) is 5.64. The Balaban J connectivity index is 1.73. The van der Waals surface area contributed by atoms with Crippen LogP contribution in [0.15, 0.2) is 24.3 Å². The Labute approximate surface area is 140 Å². The lowest BCUT2D eigenvalue weighted by Crippen LogP contribution is -2.42. The van der Waals surface area contributed by atoms with Crippen LogP contribution in [0.3, 0.4) is 0 Å². The summed E-state index contributed by atoms with van der Waals surface area (Å²) in [5.74, 6) is -1.48. The average molecular weight is 336 g/mol. The summed E-state index contributed by atoms with van der Waals surface area (Å²) in [5.41, 5.74) is 0.762. The first kappa shape index (κ1) is 17.9. The monoisotopic (exact) mass is 336 g/mol. The summed E-state index contributed by atoms with van der Waals surface area (Å²) in [7, 11) is 0. The average Bonchev–Trinajstić information content (AvgIpc) is 3.41. The topological polar surface area (TPSA) is 75.7 Å². The van der Waals surface area contributed by atoms with Gasteiger partial charge in [0.2, 0.25) is 5.91 Å². The number of esters is 1. The molecule has 0 aliphatic heterocycles. The van der Waals surface area contributed by atoms with E-state index < -0.39 is 5.91 Å². The van der Waals surface area contributed by atoms with Crippen molar-refractivity contribution < 1.29 is 23.5 Å². The van der Waals surface area contributed by atoms with Gasteiger partial charge in [-0.1, -0.05) is 12.1 Å². The van der Waals surface area contributed by atoms with Crippen LogP contribution in [0.4, 0.5) is 4.39 Å². The van der Waals surface area contributed by atoms with Crippen molar-refractivity contribution in [2.75, 3.05) is 19.7 Å². The van der Waals surface area contributed by atoms with E-state index in [1.165, 1.54) is 17.0 Å². The highest BCUT2D eigenvalue weighted by Gasteiger charge is 2.31. The summed E-state index contributed by atoms with van der Waals surface area (Å²) in [6.45, 7) is 1.88. The molecule has 6 nitrogen and oxygen atoms in total. The van der Waals surface area contributed by atoms with Gasteiger partial charge in [-0.2, -0.15) is 0 Å². The third-order valence-corrected chi connectivity index (χ3v) is 3.72. The van der Waals surface area contributed by atoms with Gasteiger partial charge in [0.15, 0.2) is 6.61 Å². The van der Waals surface area contributed by atoms with E-state index in [0.717, 1.165) is 18.4 Å². The van der Waals surface area contributed by atoms with Crippen molar-refractivity contribution >= 4 is 17.8 Å². The first-order valence-electron chi connectivity index (χ1n) is 7.95. The van der Waals surface area contributed by atoms with Crippen molar-refractivity contribution in [3.8, 4) is 0 Å². The number of ether oxygens (including phenoxy) is 1. The van der Waals surface area contributed by atoms with Gasteiger partial charge >= 0.3 is 5.97 Å². The molecule has 2 rings (SSSR count). The molecule has 1 aromatic carbocycles. The molecule has 7 heteroatoms. The van der Waals surface area contributed by atoms with Gasteiger partial charge in [-0.15, -0.1) is 0 Å². The van der Waals surface area contributed by atoms with E-state index in [2.05, 4.69) is 5.32 Å². The number of carbonyl (C=O) groups is 3. The van der Waals surface area contributed by atoms with Gasteiger partial charge in [0.05, 0.1) is 12.5 Å². The minimum atomic E-state index is -0.400. The van der Waals surface area contributed by atoms with Gasteiger partial charge in [0, 0.05) is 13.1 Å².